The van der Waals surface area contributed by atoms with Crippen molar-refractivity contribution < 1.29 is 9.22 Å². The quantitative estimate of drug-likeness (QED) is 0.437. The molecule has 0 saturated carbocycles. The Bertz CT molecular complexity index is 294. The summed E-state index contributed by atoms with van der Waals surface area (Å²) >= 11 is 0. The van der Waals surface area contributed by atoms with E-state index >= 15 is 0 Å². The van der Waals surface area contributed by atoms with Crippen molar-refractivity contribution in [3.05, 3.63) is 12.2 Å². The zero-order chi connectivity index (χ0) is 15.1. The van der Waals surface area contributed by atoms with Crippen LogP contribution in [-0.4, -0.2) is 14.3 Å². The summed E-state index contributed by atoms with van der Waals surface area (Å²) < 4.78 is 6.07. The molecule has 0 saturated heterocycles. The SMILES string of the molecule is C=C(C)C(=O)O[Si](CCCC)(CCCC)C(C)(C)C. The Morgan fingerprint density at radius 2 is 1.53 bits per heavy atom. The number of hydrogen-bond donors (Lipinski definition) is 0. The van der Waals surface area contributed by atoms with Crippen molar-refractivity contribution in [1.29, 1.82) is 0 Å². The highest BCUT2D eigenvalue weighted by Gasteiger charge is 2.48. The van der Waals surface area contributed by atoms with E-state index in [1.54, 1.807) is 6.92 Å². The number of carbonyl (C=O) groups excluding carboxylic acids is 1. The molecule has 112 valence electrons. The highest BCUT2D eigenvalue weighted by atomic mass is 28.4. The summed E-state index contributed by atoms with van der Waals surface area (Å²) in [6.07, 6.45) is 4.61. The summed E-state index contributed by atoms with van der Waals surface area (Å²) in [6.45, 7) is 16.6. The molecule has 0 aromatic rings. The first-order chi connectivity index (χ1) is 8.70. The Kier molecular flexibility index (Phi) is 7.64. The van der Waals surface area contributed by atoms with Gasteiger partial charge in [0.05, 0.1) is 0 Å². The van der Waals surface area contributed by atoms with Crippen LogP contribution in [0, 0.1) is 0 Å². The van der Waals surface area contributed by atoms with Crippen LogP contribution in [0.1, 0.15) is 67.2 Å². The van der Waals surface area contributed by atoms with Crippen LogP contribution >= 0.6 is 0 Å². The Labute approximate surface area is 120 Å². The fourth-order valence-electron chi connectivity index (χ4n) is 2.32. The van der Waals surface area contributed by atoms with Gasteiger partial charge in [0, 0.05) is 5.57 Å². The molecule has 0 N–H and O–H groups in total. The second kappa shape index (κ2) is 7.88. The molecular weight excluding hydrogens is 252 g/mol. The van der Waals surface area contributed by atoms with Crippen LogP contribution < -0.4 is 0 Å². The summed E-state index contributed by atoms with van der Waals surface area (Å²) in [6, 6.07) is 2.15. The molecule has 0 aromatic heterocycles. The smallest absolute Gasteiger partial charge is 0.319 e. The lowest BCUT2D eigenvalue weighted by molar-refractivity contribution is -0.131. The van der Waals surface area contributed by atoms with Gasteiger partial charge in [-0.15, -0.1) is 0 Å². The maximum absolute atomic E-state index is 12.0. The fraction of sp³-hybridized carbons (Fsp3) is 0.812. The lowest BCUT2D eigenvalue weighted by Gasteiger charge is -2.42. The molecule has 0 aliphatic heterocycles. The highest BCUT2D eigenvalue weighted by molar-refractivity contribution is 6.78. The zero-order valence-electron chi connectivity index (χ0n) is 13.8. The average Bonchev–Trinajstić information content (AvgIpc) is 2.30. The third-order valence-electron chi connectivity index (χ3n) is 3.87. The van der Waals surface area contributed by atoms with Crippen molar-refractivity contribution in [3.63, 3.8) is 0 Å². The van der Waals surface area contributed by atoms with Gasteiger partial charge in [-0.3, -0.25) is 0 Å². The summed E-state index contributed by atoms with van der Waals surface area (Å²) in [5.41, 5.74) is 0.522. The van der Waals surface area contributed by atoms with Gasteiger partial charge in [0.2, 0.25) is 0 Å². The predicted octanol–water partition coefficient (Wildman–Crippen LogP) is 5.45. The number of rotatable bonds is 8. The molecule has 0 amide bonds. The summed E-state index contributed by atoms with van der Waals surface area (Å²) in [5.74, 6) is -0.186. The van der Waals surface area contributed by atoms with E-state index in [1.165, 1.54) is 0 Å². The molecule has 0 aromatic carbocycles. The Morgan fingerprint density at radius 3 is 1.79 bits per heavy atom. The molecule has 0 aliphatic carbocycles. The first kappa shape index (κ1) is 18.4. The lowest BCUT2D eigenvalue weighted by Crippen LogP contribution is -2.48. The molecular formula is C16H32O2Si. The summed E-state index contributed by atoms with van der Waals surface area (Å²) in [7, 11) is -2.08. The standard InChI is InChI=1S/C16H32O2Si/c1-8-10-12-19(13-11-9-2,16(5,6)7)18-15(17)14(3)4/h3,8-13H2,1-2,4-7H3. The van der Waals surface area contributed by atoms with Gasteiger partial charge in [0.15, 0.2) is 0 Å². The third kappa shape index (κ3) is 5.51. The minimum atomic E-state index is -2.08. The van der Waals surface area contributed by atoms with Crippen LogP contribution in [0.2, 0.25) is 17.1 Å². The summed E-state index contributed by atoms with van der Waals surface area (Å²) in [4.78, 5) is 12.0. The van der Waals surface area contributed by atoms with Crippen LogP contribution in [0.15, 0.2) is 12.2 Å². The molecule has 0 bridgehead atoms. The first-order valence-corrected chi connectivity index (χ1v) is 9.91. The van der Waals surface area contributed by atoms with Gasteiger partial charge in [-0.2, -0.15) is 0 Å². The van der Waals surface area contributed by atoms with E-state index in [-0.39, 0.29) is 11.0 Å². The van der Waals surface area contributed by atoms with Gasteiger partial charge >= 0.3 is 5.97 Å². The molecule has 0 heterocycles. The van der Waals surface area contributed by atoms with E-state index in [4.69, 9.17) is 4.43 Å². The Morgan fingerprint density at radius 1 is 1.11 bits per heavy atom. The van der Waals surface area contributed by atoms with Crippen LogP contribution in [0.4, 0.5) is 0 Å². The summed E-state index contributed by atoms with van der Waals surface area (Å²) in [5, 5.41) is 0.0858. The van der Waals surface area contributed by atoms with Gasteiger partial charge in [-0.1, -0.05) is 66.9 Å². The van der Waals surface area contributed by atoms with Crippen LogP contribution in [0.3, 0.4) is 0 Å². The van der Waals surface area contributed by atoms with Gasteiger partial charge in [-0.05, 0) is 24.1 Å². The number of hydrogen-bond acceptors (Lipinski definition) is 2. The van der Waals surface area contributed by atoms with Crippen LogP contribution in [0.5, 0.6) is 0 Å². The molecule has 3 heteroatoms. The minimum Gasteiger partial charge on any atom is -0.515 e. The molecule has 0 radical (unpaired) electrons. The monoisotopic (exact) mass is 284 g/mol. The highest BCUT2D eigenvalue weighted by Crippen LogP contribution is 2.44. The van der Waals surface area contributed by atoms with E-state index in [1.807, 2.05) is 0 Å². The van der Waals surface area contributed by atoms with Gasteiger partial charge in [-0.25, -0.2) is 4.79 Å². The topological polar surface area (TPSA) is 26.3 Å². The van der Waals surface area contributed by atoms with Crippen LogP contribution in [0.25, 0.3) is 0 Å². The van der Waals surface area contributed by atoms with Crippen molar-refractivity contribution in [2.75, 3.05) is 0 Å². The van der Waals surface area contributed by atoms with Crippen molar-refractivity contribution in [2.24, 2.45) is 0 Å². The van der Waals surface area contributed by atoms with Crippen molar-refractivity contribution >= 4 is 14.3 Å². The largest absolute Gasteiger partial charge is 0.515 e. The van der Waals surface area contributed by atoms with E-state index in [2.05, 4.69) is 41.2 Å². The van der Waals surface area contributed by atoms with Gasteiger partial charge in [0.25, 0.3) is 8.32 Å². The van der Waals surface area contributed by atoms with E-state index in [9.17, 15) is 4.79 Å². The Hall–Kier alpha value is -0.573. The van der Waals surface area contributed by atoms with Crippen LogP contribution in [-0.2, 0) is 9.22 Å². The predicted molar refractivity (Wildman–Crippen MR) is 85.8 cm³/mol. The molecule has 19 heavy (non-hydrogen) atoms. The Balaban J connectivity index is 5.22. The molecule has 0 unspecified atom stereocenters. The second-order valence-electron chi connectivity index (χ2n) is 6.62. The molecule has 2 nitrogen and oxygen atoms in total. The fourth-order valence-corrected chi connectivity index (χ4v) is 6.96. The molecule has 0 spiro atoms. The van der Waals surface area contributed by atoms with Gasteiger partial charge < -0.3 is 4.43 Å². The normalized spacial score (nSPS) is 12.3. The molecule has 0 atom stereocenters. The maximum atomic E-state index is 12.0. The molecule has 0 aliphatic rings. The maximum Gasteiger partial charge on any atom is 0.319 e. The number of unbranched alkanes of at least 4 members (excludes halogenated alkanes) is 2. The van der Waals surface area contributed by atoms with Gasteiger partial charge in [0.1, 0.15) is 0 Å². The van der Waals surface area contributed by atoms with Crippen molar-refractivity contribution in [3.8, 4) is 0 Å². The van der Waals surface area contributed by atoms with Crippen molar-refractivity contribution in [1.82, 2.24) is 0 Å². The third-order valence-corrected chi connectivity index (χ3v) is 9.50. The minimum absolute atomic E-state index is 0.0858. The zero-order valence-corrected chi connectivity index (χ0v) is 14.8. The lowest BCUT2D eigenvalue weighted by atomic mass is 10.2. The van der Waals surface area contributed by atoms with E-state index in [0.717, 1.165) is 37.8 Å². The average molecular weight is 285 g/mol. The number of carbonyl (C=O) groups is 1. The van der Waals surface area contributed by atoms with E-state index < -0.39 is 8.32 Å². The first-order valence-electron chi connectivity index (χ1n) is 7.59. The second-order valence-corrected chi connectivity index (χ2v) is 11.3. The molecule has 0 fully saturated rings. The van der Waals surface area contributed by atoms with E-state index in [0.29, 0.717) is 5.57 Å². The molecule has 0 rings (SSSR count). The van der Waals surface area contributed by atoms with Crippen molar-refractivity contribution in [2.45, 2.75) is 84.4 Å².